The molecule has 6 nitrogen and oxygen atoms in total. The van der Waals surface area contributed by atoms with Gasteiger partial charge < -0.3 is 14.2 Å². The van der Waals surface area contributed by atoms with Crippen molar-refractivity contribution in [1.29, 1.82) is 0 Å². The third kappa shape index (κ3) is 62.9. The Bertz CT molecular complexity index is 1570. The number of esters is 3. The van der Waals surface area contributed by atoms with Crippen LogP contribution in [0.4, 0.5) is 0 Å². The smallest absolute Gasteiger partial charge is 0.306 e. The summed E-state index contributed by atoms with van der Waals surface area (Å²) in [6, 6.07) is 0. The van der Waals surface area contributed by atoms with Crippen molar-refractivity contribution in [1.82, 2.24) is 0 Å². The fourth-order valence-corrected chi connectivity index (χ4v) is 9.17. The Morgan fingerprint density at radius 1 is 0.269 bits per heavy atom. The highest BCUT2D eigenvalue weighted by Crippen LogP contribution is 2.16. The Hall–Kier alpha value is -3.93. The maximum atomic E-state index is 12.9. The van der Waals surface area contributed by atoms with Crippen LogP contribution >= 0.6 is 0 Å². The van der Waals surface area contributed by atoms with E-state index >= 15 is 0 Å². The maximum Gasteiger partial charge on any atom is 0.306 e. The Kier molecular flexibility index (Phi) is 62.3. The Labute approximate surface area is 482 Å². The van der Waals surface area contributed by atoms with E-state index in [9.17, 15) is 14.4 Å². The third-order valence-electron chi connectivity index (χ3n) is 14.0. The molecule has 0 amide bonds. The van der Waals surface area contributed by atoms with E-state index in [-0.39, 0.29) is 31.1 Å². The minimum Gasteiger partial charge on any atom is -0.462 e. The van der Waals surface area contributed by atoms with Crippen LogP contribution in [0.5, 0.6) is 0 Å². The third-order valence-corrected chi connectivity index (χ3v) is 14.0. The van der Waals surface area contributed by atoms with Gasteiger partial charge in [-0.2, -0.15) is 0 Å². The van der Waals surface area contributed by atoms with Gasteiger partial charge in [-0.25, -0.2) is 0 Å². The first-order valence-electron chi connectivity index (χ1n) is 32.9. The van der Waals surface area contributed by atoms with Crippen LogP contribution in [0.25, 0.3) is 0 Å². The number of allylic oxidation sites excluding steroid dienone is 18. The SMILES string of the molecule is CC/C=C\C/C=C\C/C=C\C/C=C\C/C=C\CCCCCCCCCCCCCCCC(=O)OCC(COC(=O)CCCCCCCCCCCC)OC(=O)CCCCCCCCCC/C=C\C/C=C\C/C=C\C/C=C\CC. The molecular weight excluding hydrogens is 961 g/mol. The molecular formula is C72H122O6. The summed E-state index contributed by atoms with van der Waals surface area (Å²) in [5, 5.41) is 0. The zero-order valence-electron chi connectivity index (χ0n) is 51.2. The molecule has 1 unspecified atom stereocenters. The minimum absolute atomic E-state index is 0.0790. The molecule has 0 heterocycles. The molecule has 0 bridgehead atoms. The number of hydrogen-bond donors (Lipinski definition) is 0. The minimum atomic E-state index is -0.782. The van der Waals surface area contributed by atoms with Gasteiger partial charge in [0.25, 0.3) is 0 Å². The van der Waals surface area contributed by atoms with Gasteiger partial charge in [0.2, 0.25) is 0 Å². The second-order valence-corrected chi connectivity index (χ2v) is 21.6. The van der Waals surface area contributed by atoms with Gasteiger partial charge in [-0.15, -0.1) is 0 Å². The molecule has 0 aliphatic rings. The largest absolute Gasteiger partial charge is 0.462 e. The van der Waals surface area contributed by atoms with Gasteiger partial charge in [0.1, 0.15) is 13.2 Å². The van der Waals surface area contributed by atoms with E-state index in [1.165, 1.54) is 148 Å². The molecule has 0 aliphatic heterocycles. The van der Waals surface area contributed by atoms with Crippen LogP contribution in [0.2, 0.25) is 0 Å². The van der Waals surface area contributed by atoms with E-state index in [1.54, 1.807) is 0 Å². The topological polar surface area (TPSA) is 78.9 Å². The zero-order chi connectivity index (χ0) is 56.4. The number of carbonyl (C=O) groups excluding carboxylic acids is 3. The average Bonchev–Trinajstić information content (AvgIpc) is 3.44. The molecule has 1 atom stereocenters. The van der Waals surface area contributed by atoms with Crippen LogP contribution in [0.3, 0.4) is 0 Å². The van der Waals surface area contributed by atoms with Crippen LogP contribution in [-0.2, 0) is 28.6 Å². The lowest BCUT2D eigenvalue weighted by molar-refractivity contribution is -0.167. The van der Waals surface area contributed by atoms with Crippen molar-refractivity contribution in [3.63, 3.8) is 0 Å². The van der Waals surface area contributed by atoms with Gasteiger partial charge in [0.15, 0.2) is 6.10 Å². The van der Waals surface area contributed by atoms with Crippen LogP contribution in [0, 0.1) is 0 Å². The quantitative estimate of drug-likeness (QED) is 0.0261. The molecule has 78 heavy (non-hydrogen) atoms. The summed E-state index contributed by atoms with van der Waals surface area (Å²) in [6.07, 6.45) is 89.6. The number of unbranched alkanes of at least 4 members (excludes halogenated alkanes) is 30. The first-order chi connectivity index (χ1) is 38.5. The summed E-state index contributed by atoms with van der Waals surface area (Å²) < 4.78 is 16.9. The fraction of sp³-hybridized carbons (Fsp3) is 0.708. The molecule has 0 aromatic carbocycles. The van der Waals surface area contributed by atoms with E-state index in [2.05, 4.69) is 130 Å². The van der Waals surface area contributed by atoms with Crippen LogP contribution < -0.4 is 0 Å². The molecule has 446 valence electrons. The van der Waals surface area contributed by atoms with Crippen molar-refractivity contribution in [2.45, 2.75) is 316 Å². The summed E-state index contributed by atoms with van der Waals surface area (Å²) in [7, 11) is 0. The van der Waals surface area contributed by atoms with Crippen molar-refractivity contribution in [2.24, 2.45) is 0 Å². The Morgan fingerprint density at radius 3 is 0.782 bits per heavy atom. The van der Waals surface area contributed by atoms with Crippen LogP contribution in [0.15, 0.2) is 109 Å². The number of hydrogen-bond acceptors (Lipinski definition) is 6. The zero-order valence-corrected chi connectivity index (χ0v) is 51.2. The highest BCUT2D eigenvalue weighted by molar-refractivity contribution is 5.71. The predicted octanol–water partition coefficient (Wildman–Crippen LogP) is 22.6. The standard InChI is InChI=1S/C72H122O6/c1-4-7-10-13-16-19-22-24-26-28-30-32-33-34-35-36-37-38-39-41-42-44-46-48-50-53-56-59-62-65-71(74)77-68-69(67-76-70(73)64-61-58-55-52-21-18-15-12-9-6-3)78-72(75)66-63-60-57-54-51-49-47-45-43-40-31-29-27-25-23-20-17-14-11-8-5-2/h7-8,10-11,16-17,19-20,24-27,30-32,34-35,40,69H,4-6,9,12-15,18,21-23,28-29,33,36-39,41-68H2,1-3H3/b10-7-,11-8-,19-16-,20-17-,26-24-,27-25-,32-30-,35-34-,40-31-. The van der Waals surface area contributed by atoms with Crippen molar-refractivity contribution in [3.05, 3.63) is 109 Å². The first kappa shape index (κ1) is 74.1. The summed E-state index contributed by atoms with van der Waals surface area (Å²) in [5.74, 6) is -0.880. The van der Waals surface area contributed by atoms with Gasteiger partial charge in [0.05, 0.1) is 0 Å². The van der Waals surface area contributed by atoms with Crippen LogP contribution in [-0.4, -0.2) is 37.2 Å². The van der Waals surface area contributed by atoms with E-state index < -0.39 is 6.10 Å². The molecule has 0 saturated carbocycles. The molecule has 0 rings (SSSR count). The molecule has 0 fully saturated rings. The van der Waals surface area contributed by atoms with E-state index in [0.29, 0.717) is 19.3 Å². The highest BCUT2D eigenvalue weighted by atomic mass is 16.6. The molecule has 0 aromatic heterocycles. The fourth-order valence-electron chi connectivity index (χ4n) is 9.17. The summed E-state index contributed by atoms with van der Waals surface area (Å²) >= 11 is 0. The molecule has 0 spiro atoms. The lowest BCUT2D eigenvalue weighted by atomic mass is 10.0. The number of rotatable bonds is 59. The Morgan fingerprint density at radius 2 is 0.500 bits per heavy atom. The second-order valence-electron chi connectivity index (χ2n) is 21.6. The van der Waals surface area contributed by atoms with E-state index in [4.69, 9.17) is 14.2 Å². The first-order valence-corrected chi connectivity index (χ1v) is 32.9. The maximum absolute atomic E-state index is 12.9. The van der Waals surface area contributed by atoms with E-state index in [0.717, 1.165) is 122 Å². The molecule has 0 radical (unpaired) electrons. The second kappa shape index (κ2) is 65.6. The highest BCUT2D eigenvalue weighted by Gasteiger charge is 2.19. The average molecular weight is 1080 g/mol. The number of ether oxygens (including phenoxy) is 3. The van der Waals surface area contributed by atoms with Crippen molar-refractivity contribution >= 4 is 17.9 Å². The van der Waals surface area contributed by atoms with Crippen LogP contribution in [0.1, 0.15) is 310 Å². The normalized spacial score (nSPS) is 12.8. The molecule has 0 saturated heterocycles. The van der Waals surface area contributed by atoms with Gasteiger partial charge in [-0.1, -0.05) is 297 Å². The van der Waals surface area contributed by atoms with Gasteiger partial charge in [-0.3, -0.25) is 14.4 Å². The Balaban J connectivity index is 4.22. The van der Waals surface area contributed by atoms with Crippen molar-refractivity contribution in [2.75, 3.05) is 13.2 Å². The molecule has 0 aromatic rings. The summed E-state index contributed by atoms with van der Waals surface area (Å²) in [5.41, 5.74) is 0. The molecule has 0 aliphatic carbocycles. The van der Waals surface area contributed by atoms with Crippen molar-refractivity contribution < 1.29 is 28.6 Å². The van der Waals surface area contributed by atoms with Gasteiger partial charge in [0, 0.05) is 19.3 Å². The lowest BCUT2D eigenvalue weighted by Crippen LogP contribution is -2.30. The summed E-state index contributed by atoms with van der Waals surface area (Å²) in [4.78, 5) is 38.3. The number of carbonyl (C=O) groups is 3. The summed E-state index contributed by atoms with van der Waals surface area (Å²) in [6.45, 7) is 6.42. The van der Waals surface area contributed by atoms with Gasteiger partial charge in [-0.05, 0) is 103 Å². The van der Waals surface area contributed by atoms with Crippen molar-refractivity contribution in [3.8, 4) is 0 Å². The monoisotopic (exact) mass is 1080 g/mol. The molecule has 6 heteroatoms. The molecule has 0 N–H and O–H groups in total. The predicted molar refractivity (Wildman–Crippen MR) is 339 cm³/mol. The van der Waals surface area contributed by atoms with Gasteiger partial charge >= 0.3 is 17.9 Å². The lowest BCUT2D eigenvalue weighted by Gasteiger charge is -2.18. The van der Waals surface area contributed by atoms with E-state index in [1.807, 2.05) is 0 Å².